The molecule has 1 aliphatic heterocycles. The average molecular weight is 501 g/mol. The van der Waals surface area contributed by atoms with Crippen LogP contribution in [0.15, 0.2) is 77.3 Å². The van der Waals surface area contributed by atoms with Crippen molar-refractivity contribution in [2.24, 2.45) is 0 Å². The number of aryl methyl sites for hydroxylation is 1. The van der Waals surface area contributed by atoms with Gasteiger partial charge in [-0.15, -0.1) is 0 Å². The second kappa shape index (κ2) is 9.08. The molecule has 6 nitrogen and oxygen atoms in total. The summed E-state index contributed by atoms with van der Waals surface area (Å²) >= 11 is 9.40. The summed E-state index contributed by atoms with van der Waals surface area (Å²) in [4.78, 5) is 31.4. The molecule has 1 amide bonds. The van der Waals surface area contributed by atoms with E-state index >= 15 is 0 Å². The van der Waals surface area contributed by atoms with Gasteiger partial charge in [-0.25, -0.2) is 4.98 Å². The van der Waals surface area contributed by atoms with Gasteiger partial charge >= 0.3 is 0 Å². The van der Waals surface area contributed by atoms with Crippen molar-refractivity contribution in [1.82, 2.24) is 14.5 Å². The number of nitrogens with zero attached hydrogens (tertiary/aromatic N) is 3. The highest BCUT2D eigenvalue weighted by atomic mass is 79.9. The first-order valence-corrected chi connectivity index (χ1v) is 10.9. The third kappa shape index (κ3) is 4.43. The second-order valence-corrected chi connectivity index (χ2v) is 8.56. The van der Waals surface area contributed by atoms with Crippen molar-refractivity contribution in [3.8, 4) is 0 Å². The lowest BCUT2D eigenvalue weighted by atomic mass is 9.95. The zero-order chi connectivity index (χ0) is 22.0. The molecule has 1 aliphatic rings. The Morgan fingerprint density at radius 1 is 1.06 bits per heavy atom. The molecule has 8 heteroatoms. The molecule has 0 aliphatic carbocycles. The zero-order valence-electron chi connectivity index (χ0n) is 16.4. The molecule has 4 rings (SSSR count). The number of Topliss-reactive ketones (excluding diaryl/α,β-unsaturated/α-hetero) is 1. The third-order valence-electron chi connectivity index (χ3n) is 5.22. The number of aliphatic hydroxyl groups excluding tert-OH is 1. The molecule has 1 aromatic heterocycles. The van der Waals surface area contributed by atoms with Crippen molar-refractivity contribution in [3.05, 3.63) is 93.4 Å². The van der Waals surface area contributed by atoms with Gasteiger partial charge in [0.2, 0.25) is 0 Å². The van der Waals surface area contributed by atoms with Crippen LogP contribution in [0, 0.1) is 0 Å². The highest BCUT2D eigenvalue weighted by Gasteiger charge is 2.45. The molecule has 3 aromatic rings. The molecule has 0 bridgehead atoms. The number of hydrogen-bond donors (Lipinski definition) is 1. The van der Waals surface area contributed by atoms with E-state index < -0.39 is 17.7 Å². The predicted molar refractivity (Wildman–Crippen MR) is 121 cm³/mol. The van der Waals surface area contributed by atoms with E-state index in [0.29, 0.717) is 35.7 Å². The molecule has 0 saturated carbocycles. The van der Waals surface area contributed by atoms with Gasteiger partial charge in [-0.3, -0.25) is 9.59 Å². The van der Waals surface area contributed by atoms with Crippen molar-refractivity contribution in [3.63, 3.8) is 0 Å². The standard InChI is InChI=1S/C23H19BrClN3O3/c24-17-6-2-16(3-7-17)21(29)19-20(15-4-8-18(25)9-5-15)28(23(31)22(19)30)12-1-11-27-13-10-26-14-27/h2-10,13-14,20,29H,1,11-12H2/b21-19+/t20-/m0/s1. The molecule has 1 atom stereocenters. The third-order valence-corrected chi connectivity index (χ3v) is 6.00. The van der Waals surface area contributed by atoms with E-state index in [2.05, 4.69) is 20.9 Å². The van der Waals surface area contributed by atoms with E-state index in [4.69, 9.17) is 11.6 Å². The summed E-state index contributed by atoms with van der Waals surface area (Å²) in [7, 11) is 0. The summed E-state index contributed by atoms with van der Waals surface area (Å²) in [5.74, 6) is -1.50. The maximum Gasteiger partial charge on any atom is 0.295 e. The van der Waals surface area contributed by atoms with Gasteiger partial charge < -0.3 is 14.6 Å². The Labute approximate surface area is 192 Å². The van der Waals surface area contributed by atoms with Crippen molar-refractivity contribution in [2.45, 2.75) is 19.0 Å². The fraction of sp³-hybridized carbons (Fsp3) is 0.174. The van der Waals surface area contributed by atoms with Gasteiger partial charge in [-0.05, 0) is 36.2 Å². The molecule has 0 radical (unpaired) electrons. The minimum absolute atomic E-state index is 0.0808. The quantitative estimate of drug-likeness (QED) is 0.299. The maximum atomic E-state index is 13.0. The molecule has 2 aromatic carbocycles. The lowest BCUT2D eigenvalue weighted by Crippen LogP contribution is -2.31. The number of hydrogen-bond acceptors (Lipinski definition) is 4. The van der Waals surface area contributed by atoms with Crippen molar-refractivity contribution >= 4 is 45.0 Å². The van der Waals surface area contributed by atoms with Crippen LogP contribution < -0.4 is 0 Å². The maximum absolute atomic E-state index is 13.0. The van der Waals surface area contributed by atoms with E-state index in [1.54, 1.807) is 61.1 Å². The second-order valence-electron chi connectivity index (χ2n) is 7.20. The van der Waals surface area contributed by atoms with Gasteiger partial charge in [0.1, 0.15) is 5.76 Å². The minimum Gasteiger partial charge on any atom is -0.507 e. The van der Waals surface area contributed by atoms with Gasteiger partial charge in [0.25, 0.3) is 11.7 Å². The minimum atomic E-state index is -0.692. The average Bonchev–Trinajstić information content (AvgIpc) is 3.37. The molecular weight excluding hydrogens is 482 g/mol. The van der Waals surface area contributed by atoms with Crippen LogP contribution in [0.2, 0.25) is 5.02 Å². The number of rotatable bonds is 6. The molecule has 0 spiro atoms. The van der Waals surface area contributed by atoms with Gasteiger partial charge in [-0.2, -0.15) is 0 Å². The molecule has 2 heterocycles. The fourth-order valence-corrected chi connectivity index (χ4v) is 4.10. The molecule has 0 unspecified atom stereocenters. The Balaban J connectivity index is 1.72. The summed E-state index contributed by atoms with van der Waals surface area (Å²) in [6.45, 7) is 1.01. The topological polar surface area (TPSA) is 75.4 Å². The SMILES string of the molecule is O=C1C(=O)N(CCCn2ccnc2)[C@@H](c2ccc(Cl)cc2)/C1=C(\O)c1ccc(Br)cc1. The van der Waals surface area contributed by atoms with Crippen molar-refractivity contribution < 1.29 is 14.7 Å². The molecule has 158 valence electrons. The van der Waals surface area contributed by atoms with Crippen molar-refractivity contribution in [1.29, 1.82) is 0 Å². The van der Waals surface area contributed by atoms with Crippen LogP contribution in [0.1, 0.15) is 23.6 Å². The Hall–Kier alpha value is -2.90. The summed E-state index contributed by atoms with van der Waals surface area (Å²) in [5, 5.41) is 11.6. The van der Waals surface area contributed by atoms with Crippen LogP contribution in [0.3, 0.4) is 0 Å². The zero-order valence-corrected chi connectivity index (χ0v) is 18.8. The summed E-state index contributed by atoms with van der Waals surface area (Å²) in [6.07, 6.45) is 5.88. The number of halogens is 2. The number of ketones is 1. The lowest BCUT2D eigenvalue weighted by Gasteiger charge is -2.25. The summed E-state index contributed by atoms with van der Waals surface area (Å²) < 4.78 is 2.76. The van der Waals surface area contributed by atoms with E-state index in [1.807, 2.05) is 10.8 Å². The molecule has 1 saturated heterocycles. The van der Waals surface area contributed by atoms with Crippen LogP contribution in [0.5, 0.6) is 0 Å². The Morgan fingerprint density at radius 3 is 2.42 bits per heavy atom. The van der Waals surface area contributed by atoms with E-state index in [0.717, 1.165) is 4.47 Å². The molecule has 1 fully saturated rings. The smallest absolute Gasteiger partial charge is 0.295 e. The van der Waals surface area contributed by atoms with Crippen LogP contribution in [0.4, 0.5) is 0 Å². The van der Waals surface area contributed by atoms with Crippen molar-refractivity contribution in [2.75, 3.05) is 6.54 Å². The predicted octanol–water partition coefficient (Wildman–Crippen LogP) is 4.81. The Kier molecular flexibility index (Phi) is 6.25. The number of amides is 1. The monoisotopic (exact) mass is 499 g/mol. The molecule has 31 heavy (non-hydrogen) atoms. The number of carbonyl (C=O) groups is 2. The van der Waals surface area contributed by atoms with Gasteiger partial charge in [0.15, 0.2) is 0 Å². The first-order chi connectivity index (χ1) is 15.0. The largest absolute Gasteiger partial charge is 0.507 e. The van der Waals surface area contributed by atoms with Crippen LogP contribution in [0.25, 0.3) is 5.76 Å². The number of aliphatic hydroxyl groups is 1. The summed E-state index contributed by atoms with van der Waals surface area (Å²) in [5.41, 5.74) is 1.26. The highest BCUT2D eigenvalue weighted by molar-refractivity contribution is 9.10. The van der Waals surface area contributed by atoms with Crippen LogP contribution in [-0.2, 0) is 16.1 Å². The fourth-order valence-electron chi connectivity index (χ4n) is 3.71. The van der Waals surface area contributed by atoms with Gasteiger partial charge in [0, 0.05) is 40.5 Å². The summed E-state index contributed by atoms with van der Waals surface area (Å²) in [6, 6.07) is 13.2. The van der Waals surface area contributed by atoms with Gasteiger partial charge in [0.05, 0.1) is 17.9 Å². The Morgan fingerprint density at radius 2 is 1.77 bits per heavy atom. The number of imidazole rings is 1. The molecular formula is C23H19BrClN3O3. The van der Waals surface area contributed by atoms with E-state index in [1.165, 1.54) is 4.90 Å². The molecule has 1 N–H and O–H groups in total. The first kappa shape index (κ1) is 21.3. The first-order valence-electron chi connectivity index (χ1n) is 9.71. The Bertz CT molecular complexity index is 1130. The number of benzene rings is 2. The number of carbonyl (C=O) groups excluding carboxylic acids is 2. The van der Waals surface area contributed by atoms with E-state index in [-0.39, 0.29) is 11.3 Å². The number of aromatic nitrogens is 2. The van der Waals surface area contributed by atoms with E-state index in [9.17, 15) is 14.7 Å². The highest BCUT2D eigenvalue weighted by Crippen LogP contribution is 2.39. The van der Waals surface area contributed by atoms with Crippen LogP contribution in [-0.4, -0.2) is 37.8 Å². The van der Waals surface area contributed by atoms with Crippen LogP contribution >= 0.6 is 27.5 Å². The van der Waals surface area contributed by atoms with Gasteiger partial charge in [-0.1, -0.05) is 51.8 Å². The normalized spacial score (nSPS) is 18.0. The lowest BCUT2D eigenvalue weighted by molar-refractivity contribution is -0.139. The number of likely N-dealkylation sites (tertiary alicyclic amines) is 1.